The Kier molecular flexibility index (Phi) is 8.35. The molecule has 0 atom stereocenters. The number of aryl methyl sites for hydroxylation is 1. The van der Waals surface area contributed by atoms with Crippen LogP contribution in [0.3, 0.4) is 0 Å². The van der Waals surface area contributed by atoms with Crippen molar-refractivity contribution in [2.24, 2.45) is 0 Å². The number of hydrogen-bond acceptors (Lipinski definition) is 5. The quantitative estimate of drug-likeness (QED) is 0.651. The summed E-state index contributed by atoms with van der Waals surface area (Å²) in [5.41, 5.74) is 8.36. The van der Waals surface area contributed by atoms with Crippen molar-refractivity contribution in [1.82, 2.24) is 4.90 Å². The highest BCUT2D eigenvalue weighted by molar-refractivity contribution is 6.04. The predicted molar refractivity (Wildman–Crippen MR) is 120 cm³/mol. The molecule has 1 saturated heterocycles. The first-order valence-corrected chi connectivity index (χ1v) is 9.72. The van der Waals surface area contributed by atoms with Crippen LogP contribution in [0.4, 0.5) is 11.4 Å². The fourth-order valence-corrected chi connectivity index (χ4v) is 3.47. The number of carbonyl (C=O) groups excluding carboxylic acids is 2. The van der Waals surface area contributed by atoms with Gasteiger partial charge in [-0.2, -0.15) is 0 Å². The van der Waals surface area contributed by atoms with Gasteiger partial charge in [0.15, 0.2) is 11.5 Å². The van der Waals surface area contributed by atoms with Gasteiger partial charge in [-0.15, -0.1) is 12.4 Å². The Morgan fingerprint density at radius 2 is 1.70 bits per heavy atom. The number of nitrogens with zero attached hydrogens (tertiary/aromatic N) is 1. The zero-order chi connectivity index (χ0) is 20.8. The second kappa shape index (κ2) is 10.7. The first kappa shape index (κ1) is 23.3. The first-order chi connectivity index (χ1) is 14.0. The van der Waals surface area contributed by atoms with Crippen LogP contribution in [-0.4, -0.2) is 44.0 Å². The van der Waals surface area contributed by atoms with Crippen LogP contribution < -0.4 is 20.5 Å². The third-order valence-electron chi connectivity index (χ3n) is 5.10. The highest BCUT2D eigenvalue weighted by Crippen LogP contribution is 2.34. The molecule has 2 amide bonds. The van der Waals surface area contributed by atoms with Gasteiger partial charge in [-0.25, -0.2) is 0 Å². The van der Waals surface area contributed by atoms with E-state index in [1.165, 1.54) is 14.2 Å². The van der Waals surface area contributed by atoms with E-state index in [2.05, 4.69) is 5.32 Å². The second-order valence-corrected chi connectivity index (χ2v) is 7.00. The third kappa shape index (κ3) is 5.36. The number of nitrogen functional groups attached to an aromatic ring is 1. The molecule has 1 aliphatic heterocycles. The topological polar surface area (TPSA) is 93.9 Å². The number of likely N-dealkylation sites (tertiary alicyclic amines) is 1. The Bertz CT molecular complexity index is 898. The molecule has 1 heterocycles. The van der Waals surface area contributed by atoms with E-state index in [4.69, 9.17) is 15.2 Å². The molecule has 1 fully saturated rings. The fraction of sp³-hybridized carbons (Fsp3) is 0.364. The Balaban J connectivity index is 0.00000320. The predicted octanol–water partition coefficient (Wildman–Crippen LogP) is 3.52. The highest BCUT2D eigenvalue weighted by atomic mass is 35.5. The molecule has 0 aliphatic carbocycles. The molecule has 162 valence electrons. The van der Waals surface area contributed by atoms with E-state index >= 15 is 0 Å². The summed E-state index contributed by atoms with van der Waals surface area (Å²) in [5.74, 6) is 0.584. The standard InChI is InChI=1S/C22H27N3O4.ClH/c1-28-19-13-16(22(27)25-11-5-6-12-25)18(14-20(19)29-2)24-21(26)10-9-15-7-3-4-8-17(15)23;/h3-4,7-8,13-14H,5-6,9-12,23H2,1-2H3,(H,24,26);1H. The lowest BCUT2D eigenvalue weighted by atomic mass is 10.1. The highest BCUT2D eigenvalue weighted by Gasteiger charge is 2.25. The number of hydrogen-bond donors (Lipinski definition) is 2. The molecule has 2 aromatic rings. The van der Waals surface area contributed by atoms with Crippen molar-refractivity contribution in [3.63, 3.8) is 0 Å². The smallest absolute Gasteiger partial charge is 0.256 e. The summed E-state index contributed by atoms with van der Waals surface area (Å²) >= 11 is 0. The molecule has 0 saturated carbocycles. The summed E-state index contributed by atoms with van der Waals surface area (Å²) in [4.78, 5) is 27.4. The van der Waals surface area contributed by atoms with Crippen molar-refractivity contribution in [2.75, 3.05) is 38.4 Å². The van der Waals surface area contributed by atoms with Crippen molar-refractivity contribution in [2.45, 2.75) is 25.7 Å². The van der Waals surface area contributed by atoms with E-state index in [-0.39, 0.29) is 30.6 Å². The third-order valence-corrected chi connectivity index (χ3v) is 5.10. The SMILES string of the molecule is COc1cc(NC(=O)CCc2ccccc2N)c(C(=O)N2CCCC2)cc1OC.Cl. The molecule has 3 N–H and O–H groups in total. The number of nitrogens with one attached hydrogen (secondary N) is 1. The summed E-state index contributed by atoms with van der Waals surface area (Å²) in [7, 11) is 3.04. The first-order valence-electron chi connectivity index (χ1n) is 9.72. The molecule has 7 nitrogen and oxygen atoms in total. The molecule has 0 radical (unpaired) electrons. The summed E-state index contributed by atoms with van der Waals surface area (Å²) < 4.78 is 10.7. The van der Waals surface area contributed by atoms with Gasteiger partial charge in [-0.3, -0.25) is 9.59 Å². The van der Waals surface area contributed by atoms with Gasteiger partial charge in [0, 0.05) is 31.3 Å². The van der Waals surface area contributed by atoms with Gasteiger partial charge in [0.05, 0.1) is 25.5 Å². The number of rotatable bonds is 7. The van der Waals surface area contributed by atoms with Crippen LogP contribution in [-0.2, 0) is 11.2 Å². The van der Waals surface area contributed by atoms with Gasteiger partial charge < -0.3 is 25.4 Å². The number of methoxy groups -OCH3 is 2. The number of carbonyl (C=O) groups is 2. The number of ether oxygens (including phenoxy) is 2. The van der Waals surface area contributed by atoms with E-state index in [0.717, 1.165) is 18.4 Å². The van der Waals surface area contributed by atoms with E-state index in [0.29, 0.717) is 47.9 Å². The Labute approximate surface area is 182 Å². The normalized spacial score (nSPS) is 12.8. The van der Waals surface area contributed by atoms with Crippen molar-refractivity contribution < 1.29 is 19.1 Å². The summed E-state index contributed by atoms with van der Waals surface area (Å²) in [6.07, 6.45) is 2.74. The number of amides is 2. The molecule has 30 heavy (non-hydrogen) atoms. The molecule has 0 bridgehead atoms. The number of halogens is 1. The van der Waals surface area contributed by atoms with E-state index in [1.54, 1.807) is 17.0 Å². The monoisotopic (exact) mass is 433 g/mol. The number of anilines is 2. The Hall–Kier alpha value is -2.93. The Morgan fingerprint density at radius 1 is 1.07 bits per heavy atom. The number of benzene rings is 2. The van der Waals surface area contributed by atoms with Crippen LogP contribution in [0.25, 0.3) is 0 Å². The molecular formula is C22H28ClN3O4. The van der Waals surface area contributed by atoms with Crippen LogP contribution in [0.15, 0.2) is 36.4 Å². The molecule has 0 unspecified atom stereocenters. The molecular weight excluding hydrogens is 406 g/mol. The molecule has 0 spiro atoms. The van der Waals surface area contributed by atoms with Crippen molar-refractivity contribution in [1.29, 1.82) is 0 Å². The minimum absolute atomic E-state index is 0. The van der Waals surface area contributed by atoms with Gasteiger partial charge in [-0.1, -0.05) is 18.2 Å². The van der Waals surface area contributed by atoms with E-state index < -0.39 is 0 Å². The van der Waals surface area contributed by atoms with Crippen LogP contribution in [0.2, 0.25) is 0 Å². The van der Waals surface area contributed by atoms with Crippen molar-refractivity contribution in [3.05, 3.63) is 47.5 Å². The largest absolute Gasteiger partial charge is 0.493 e. The van der Waals surface area contributed by atoms with Gasteiger partial charge in [0.1, 0.15) is 0 Å². The summed E-state index contributed by atoms with van der Waals surface area (Å²) in [6.45, 7) is 1.43. The zero-order valence-electron chi connectivity index (χ0n) is 17.3. The van der Waals surface area contributed by atoms with Gasteiger partial charge in [0.25, 0.3) is 5.91 Å². The van der Waals surface area contributed by atoms with Crippen LogP contribution >= 0.6 is 12.4 Å². The molecule has 0 aromatic heterocycles. The van der Waals surface area contributed by atoms with Gasteiger partial charge in [0.2, 0.25) is 5.91 Å². The summed E-state index contributed by atoms with van der Waals surface area (Å²) in [5, 5.41) is 2.87. The van der Waals surface area contributed by atoms with Gasteiger partial charge in [-0.05, 0) is 37.0 Å². The van der Waals surface area contributed by atoms with Crippen LogP contribution in [0.1, 0.15) is 35.2 Å². The molecule has 3 rings (SSSR count). The summed E-state index contributed by atoms with van der Waals surface area (Å²) in [6, 6.07) is 10.7. The lowest BCUT2D eigenvalue weighted by Gasteiger charge is -2.20. The lowest BCUT2D eigenvalue weighted by Crippen LogP contribution is -2.29. The van der Waals surface area contributed by atoms with E-state index in [9.17, 15) is 9.59 Å². The number of nitrogens with two attached hydrogens (primary N) is 1. The van der Waals surface area contributed by atoms with Crippen molar-refractivity contribution >= 4 is 35.6 Å². The molecule has 8 heteroatoms. The fourth-order valence-electron chi connectivity index (χ4n) is 3.47. The minimum Gasteiger partial charge on any atom is -0.493 e. The Morgan fingerprint density at radius 3 is 2.33 bits per heavy atom. The maximum Gasteiger partial charge on any atom is 0.256 e. The van der Waals surface area contributed by atoms with Gasteiger partial charge >= 0.3 is 0 Å². The maximum absolute atomic E-state index is 13.0. The second-order valence-electron chi connectivity index (χ2n) is 7.00. The zero-order valence-corrected chi connectivity index (χ0v) is 18.1. The van der Waals surface area contributed by atoms with Crippen LogP contribution in [0, 0.1) is 0 Å². The average molecular weight is 434 g/mol. The van der Waals surface area contributed by atoms with Crippen LogP contribution in [0.5, 0.6) is 11.5 Å². The molecule has 1 aliphatic rings. The minimum atomic E-state index is -0.198. The van der Waals surface area contributed by atoms with Crippen molar-refractivity contribution in [3.8, 4) is 11.5 Å². The van der Waals surface area contributed by atoms with E-state index in [1.807, 2.05) is 24.3 Å². The maximum atomic E-state index is 13.0. The lowest BCUT2D eigenvalue weighted by molar-refractivity contribution is -0.116. The number of para-hydroxylation sites is 1. The average Bonchev–Trinajstić information content (AvgIpc) is 3.27. The molecule has 2 aromatic carbocycles.